The first-order valence-corrected chi connectivity index (χ1v) is 9.36. The number of sulfonamides is 1. The summed E-state index contributed by atoms with van der Waals surface area (Å²) in [4.78, 5) is 13.9. The minimum atomic E-state index is -3.50. The van der Waals surface area contributed by atoms with Crippen molar-refractivity contribution in [2.75, 3.05) is 31.2 Å². The molecule has 0 saturated heterocycles. The van der Waals surface area contributed by atoms with Crippen LogP contribution >= 0.6 is 0 Å². The van der Waals surface area contributed by atoms with Crippen molar-refractivity contribution in [1.29, 1.82) is 0 Å². The predicted molar refractivity (Wildman–Crippen MR) is 93.8 cm³/mol. The molecule has 0 aromatic heterocycles. The molecule has 0 aliphatic rings. The fourth-order valence-corrected chi connectivity index (χ4v) is 2.70. The van der Waals surface area contributed by atoms with Crippen molar-refractivity contribution < 1.29 is 22.3 Å². The Bertz CT molecular complexity index is 855. The van der Waals surface area contributed by atoms with Crippen LogP contribution in [0.3, 0.4) is 0 Å². The van der Waals surface area contributed by atoms with Gasteiger partial charge in [0, 0.05) is 7.05 Å². The van der Waals surface area contributed by atoms with Crippen LogP contribution in [-0.4, -0.2) is 45.7 Å². The maximum Gasteiger partial charge on any atom is 0.255 e. The molecule has 2 rings (SSSR count). The van der Waals surface area contributed by atoms with E-state index < -0.39 is 15.8 Å². The van der Waals surface area contributed by atoms with Gasteiger partial charge in [-0.25, -0.2) is 12.8 Å². The fraction of sp³-hybridized carbons (Fsp3) is 0.235. The van der Waals surface area contributed by atoms with Crippen LogP contribution in [0.1, 0.15) is 10.4 Å². The zero-order valence-corrected chi connectivity index (χ0v) is 14.7. The second kappa shape index (κ2) is 7.98. The first kappa shape index (κ1) is 18.7. The Morgan fingerprint density at radius 3 is 2.48 bits per heavy atom. The third-order valence-corrected chi connectivity index (χ3v) is 3.91. The van der Waals surface area contributed by atoms with E-state index in [-0.39, 0.29) is 36.1 Å². The Labute approximate surface area is 146 Å². The highest BCUT2D eigenvalue weighted by Gasteiger charge is 2.17. The molecule has 0 radical (unpaired) electrons. The van der Waals surface area contributed by atoms with Crippen LogP contribution in [0.15, 0.2) is 48.5 Å². The number of nitrogens with one attached hydrogen (secondary N) is 1. The molecule has 1 N–H and O–H groups in total. The number of nitrogens with zero attached hydrogens (tertiary/aromatic N) is 1. The number of benzene rings is 2. The molecule has 0 bridgehead atoms. The molecule has 1 amide bonds. The van der Waals surface area contributed by atoms with Crippen LogP contribution in [0.5, 0.6) is 5.75 Å². The zero-order valence-electron chi connectivity index (χ0n) is 13.9. The van der Waals surface area contributed by atoms with E-state index in [1.165, 1.54) is 29.2 Å². The Kier molecular flexibility index (Phi) is 5.97. The molecule has 0 aliphatic carbocycles. The monoisotopic (exact) mass is 366 g/mol. The van der Waals surface area contributed by atoms with E-state index in [1.807, 2.05) is 0 Å². The molecule has 0 atom stereocenters. The minimum Gasteiger partial charge on any atom is -0.489 e. The van der Waals surface area contributed by atoms with Gasteiger partial charge in [-0.05, 0) is 24.3 Å². The summed E-state index contributed by atoms with van der Waals surface area (Å²) in [5, 5.41) is 0. The largest absolute Gasteiger partial charge is 0.489 e. The lowest BCUT2D eigenvalue weighted by Gasteiger charge is -2.19. The first-order valence-electron chi connectivity index (χ1n) is 7.47. The summed E-state index contributed by atoms with van der Waals surface area (Å²) < 4.78 is 43.9. The van der Waals surface area contributed by atoms with E-state index in [2.05, 4.69) is 4.72 Å². The van der Waals surface area contributed by atoms with Crippen LogP contribution in [-0.2, 0) is 10.0 Å². The summed E-state index contributed by atoms with van der Waals surface area (Å²) in [5.41, 5.74) is 0.429. The standard InChI is InChI=1S/C17H19FN2O4S/c1-20(11-12-24-16-10-6-4-8-14(16)18)17(21)13-7-3-5-9-15(13)19-25(2,22)23/h3-10,19H,11-12H2,1-2H3. The number of likely N-dealkylation sites (N-methyl/N-ethyl adjacent to an activating group) is 1. The number of para-hydroxylation sites is 2. The maximum absolute atomic E-state index is 13.5. The second-order valence-corrected chi connectivity index (χ2v) is 7.17. The molecule has 0 saturated carbocycles. The molecule has 0 fully saturated rings. The number of halogens is 1. The number of carbonyl (C=O) groups is 1. The third kappa shape index (κ3) is 5.46. The van der Waals surface area contributed by atoms with Crippen molar-refractivity contribution in [3.63, 3.8) is 0 Å². The number of anilines is 1. The Hall–Kier alpha value is -2.61. The topological polar surface area (TPSA) is 75.7 Å². The average molecular weight is 366 g/mol. The molecule has 0 aliphatic heterocycles. The number of hydrogen-bond acceptors (Lipinski definition) is 4. The van der Waals surface area contributed by atoms with E-state index in [4.69, 9.17) is 4.74 Å². The first-order chi connectivity index (χ1) is 11.8. The zero-order chi connectivity index (χ0) is 18.4. The summed E-state index contributed by atoms with van der Waals surface area (Å²) >= 11 is 0. The third-order valence-electron chi connectivity index (χ3n) is 3.32. The summed E-state index contributed by atoms with van der Waals surface area (Å²) in [6.07, 6.45) is 1.01. The molecule has 134 valence electrons. The van der Waals surface area contributed by atoms with Gasteiger partial charge in [0.05, 0.1) is 24.1 Å². The highest BCUT2D eigenvalue weighted by Crippen LogP contribution is 2.18. The van der Waals surface area contributed by atoms with Crippen molar-refractivity contribution in [3.05, 3.63) is 59.9 Å². The van der Waals surface area contributed by atoms with Gasteiger partial charge in [0.2, 0.25) is 10.0 Å². The molecule has 8 heteroatoms. The van der Waals surface area contributed by atoms with Crippen molar-refractivity contribution in [2.45, 2.75) is 0 Å². The quantitative estimate of drug-likeness (QED) is 0.816. The highest BCUT2D eigenvalue weighted by molar-refractivity contribution is 7.92. The van der Waals surface area contributed by atoms with Crippen LogP contribution < -0.4 is 9.46 Å². The van der Waals surface area contributed by atoms with E-state index in [0.29, 0.717) is 0 Å². The smallest absolute Gasteiger partial charge is 0.255 e. The van der Waals surface area contributed by atoms with E-state index in [1.54, 1.807) is 31.3 Å². The number of carbonyl (C=O) groups excluding carboxylic acids is 1. The van der Waals surface area contributed by atoms with Gasteiger partial charge >= 0.3 is 0 Å². The molecular weight excluding hydrogens is 347 g/mol. The van der Waals surface area contributed by atoms with Gasteiger partial charge in [0.15, 0.2) is 11.6 Å². The molecule has 2 aromatic carbocycles. The average Bonchev–Trinajstić information content (AvgIpc) is 2.55. The predicted octanol–water partition coefficient (Wildman–Crippen LogP) is 2.35. The van der Waals surface area contributed by atoms with Crippen LogP contribution in [0.25, 0.3) is 0 Å². The molecule has 2 aromatic rings. The Morgan fingerprint density at radius 2 is 1.80 bits per heavy atom. The number of ether oxygens (including phenoxy) is 1. The molecular formula is C17H19FN2O4S. The van der Waals surface area contributed by atoms with Gasteiger partial charge in [-0.3, -0.25) is 9.52 Å². The summed E-state index contributed by atoms with van der Waals surface area (Å²) in [5.74, 6) is -0.731. The lowest BCUT2D eigenvalue weighted by Crippen LogP contribution is -2.31. The molecule has 0 heterocycles. The van der Waals surface area contributed by atoms with E-state index >= 15 is 0 Å². The lowest BCUT2D eigenvalue weighted by molar-refractivity contribution is 0.0774. The van der Waals surface area contributed by atoms with Gasteiger partial charge in [0.1, 0.15) is 6.61 Å². The molecule has 0 spiro atoms. The summed E-state index contributed by atoms with van der Waals surface area (Å²) in [6.45, 7) is 0.311. The number of hydrogen-bond donors (Lipinski definition) is 1. The fourth-order valence-electron chi connectivity index (χ4n) is 2.12. The van der Waals surface area contributed by atoms with Crippen LogP contribution in [0.2, 0.25) is 0 Å². The van der Waals surface area contributed by atoms with Gasteiger partial charge in [0.25, 0.3) is 5.91 Å². The van der Waals surface area contributed by atoms with Crippen molar-refractivity contribution in [2.24, 2.45) is 0 Å². The van der Waals surface area contributed by atoms with Crippen molar-refractivity contribution in [1.82, 2.24) is 4.90 Å². The van der Waals surface area contributed by atoms with Gasteiger partial charge < -0.3 is 9.64 Å². The van der Waals surface area contributed by atoms with Crippen LogP contribution in [0, 0.1) is 5.82 Å². The normalized spacial score (nSPS) is 11.0. The molecule has 0 unspecified atom stereocenters. The molecule has 6 nitrogen and oxygen atoms in total. The SMILES string of the molecule is CN(CCOc1ccccc1F)C(=O)c1ccccc1NS(C)(=O)=O. The number of rotatable bonds is 7. The van der Waals surface area contributed by atoms with Gasteiger partial charge in [-0.2, -0.15) is 0 Å². The van der Waals surface area contributed by atoms with Crippen LogP contribution in [0.4, 0.5) is 10.1 Å². The minimum absolute atomic E-state index is 0.102. The Balaban J connectivity index is 2.02. The second-order valence-electron chi connectivity index (χ2n) is 5.43. The number of amides is 1. The maximum atomic E-state index is 13.5. The summed E-state index contributed by atoms with van der Waals surface area (Å²) in [6, 6.07) is 12.3. The van der Waals surface area contributed by atoms with E-state index in [9.17, 15) is 17.6 Å². The Morgan fingerprint density at radius 1 is 1.16 bits per heavy atom. The highest BCUT2D eigenvalue weighted by atomic mass is 32.2. The van der Waals surface area contributed by atoms with Crippen molar-refractivity contribution in [3.8, 4) is 5.75 Å². The summed E-state index contributed by atoms with van der Waals surface area (Å²) in [7, 11) is -1.94. The van der Waals surface area contributed by atoms with Gasteiger partial charge in [-0.1, -0.05) is 24.3 Å². The van der Waals surface area contributed by atoms with E-state index in [0.717, 1.165) is 6.26 Å². The molecule has 25 heavy (non-hydrogen) atoms. The van der Waals surface area contributed by atoms with Gasteiger partial charge in [-0.15, -0.1) is 0 Å². The lowest BCUT2D eigenvalue weighted by atomic mass is 10.1. The van der Waals surface area contributed by atoms with Crippen molar-refractivity contribution >= 4 is 21.6 Å².